The number of aliphatic imine (C=N–C) groups is 1. The van der Waals surface area contributed by atoms with Gasteiger partial charge in [0.1, 0.15) is 5.75 Å². The van der Waals surface area contributed by atoms with Crippen molar-refractivity contribution < 1.29 is 14.2 Å². The minimum absolute atomic E-state index is 0.185. The maximum atomic E-state index is 6.57. The Labute approximate surface area is 155 Å². The standard InChI is InChI=1S/C18H17ClN4O3/c1-24-14-5-3-11(19)7-12(14)13-8-18(21,23-17(20)22-13)10-2-4-15-16(6-10)26-9-25-15/h2-8H,9,21H2,1H3,(H3,20,22,23). The zero-order valence-electron chi connectivity index (χ0n) is 14.0. The molecule has 134 valence electrons. The molecule has 0 amide bonds. The molecule has 0 saturated heterocycles. The number of benzene rings is 2. The van der Waals surface area contributed by atoms with Crippen molar-refractivity contribution in [3.8, 4) is 17.2 Å². The second kappa shape index (κ2) is 6.12. The Morgan fingerprint density at radius 2 is 2.00 bits per heavy atom. The van der Waals surface area contributed by atoms with Crippen LogP contribution in [0.15, 0.2) is 47.5 Å². The molecule has 1 atom stereocenters. The van der Waals surface area contributed by atoms with Crippen LogP contribution in [0.4, 0.5) is 0 Å². The second-order valence-corrected chi connectivity index (χ2v) is 6.35. The molecule has 4 rings (SSSR count). The van der Waals surface area contributed by atoms with Gasteiger partial charge in [0.05, 0.1) is 12.8 Å². The lowest BCUT2D eigenvalue weighted by Crippen LogP contribution is -2.44. The van der Waals surface area contributed by atoms with Gasteiger partial charge in [-0.3, -0.25) is 5.73 Å². The smallest absolute Gasteiger partial charge is 0.231 e. The van der Waals surface area contributed by atoms with Crippen molar-refractivity contribution >= 4 is 23.3 Å². The van der Waals surface area contributed by atoms with Crippen LogP contribution in [0.25, 0.3) is 5.70 Å². The van der Waals surface area contributed by atoms with E-state index in [2.05, 4.69) is 10.3 Å². The van der Waals surface area contributed by atoms with Crippen molar-refractivity contribution in [3.63, 3.8) is 0 Å². The van der Waals surface area contributed by atoms with Gasteiger partial charge in [0.15, 0.2) is 23.1 Å². The number of nitrogens with zero attached hydrogens (tertiary/aromatic N) is 1. The van der Waals surface area contributed by atoms with Crippen LogP contribution in [-0.4, -0.2) is 19.9 Å². The predicted molar refractivity (Wildman–Crippen MR) is 99.2 cm³/mol. The van der Waals surface area contributed by atoms with Gasteiger partial charge in [0.25, 0.3) is 0 Å². The zero-order valence-corrected chi connectivity index (χ0v) is 14.7. The Hall–Kier alpha value is -2.90. The molecule has 1 unspecified atom stereocenters. The summed E-state index contributed by atoms with van der Waals surface area (Å²) in [6, 6.07) is 10.7. The number of ether oxygens (including phenoxy) is 3. The van der Waals surface area contributed by atoms with Crippen LogP contribution < -0.4 is 31.0 Å². The maximum Gasteiger partial charge on any atom is 0.231 e. The van der Waals surface area contributed by atoms with E-state index >= 15 is 0 Å². The van der Waals surface area contributed by atoms with Crippen LogP contribution >= 0.6 is 11.6 Å². The molecule has 0 aromatic heterocycles. The molecule has 0 spiro atoms. The number of nitrogens with two attached hydrogens (primary N) is 2. The van der Waals surface area contributed by atoms with Gasteiger partial charge < -0.3 is 25.3 Å². The van der Waals surface area contributed by atoms with E-state index in [1.165, 1.54) is 0 Å². The molecule has 2 aromatic rings. The molecule has 26 heavy (non-hydrogen) atoms. The largest absolute Gasteiger partial charge is 0.496 e. The second-order valence-electron chi connectivity index (χ2n) is 5.92. The molecule has 2 aliphatic rings. The molecule has 0 fully saturated rings. The fourth-order valence-corrected chi connectivity index (χ4v) is 3.16. The Morgan fingerprint density at radius 1 is 1.19 bits per heavy atom. The molecule has 0 saturated carbocycles. The van der Waals surface area contributed by atoms with E-state index in [1.54, 1.807) is 43.5 Å². The van der Waals surface area contributed by atoms with Crippen molar-refractivity contribution in [1.82, 2.24) is 5.32 Å². The molecule has 5 N–H and O–H groups in total. The predicted octanol–water partition coefficient (Wildman–Crippen LogP) is 2.15. The van der Waals surface area contributed by atoms with E-state index < -0.39 is 5.66 Å². The molecule has 2 aliphatic heterocycles. The molecule has 0 radical (unpaired) electrons. The SMILES string of the molecule is COc1ccc(Cl)cc1C1=CC(N)(c2ccc3c(c2)OCO3)N=C(N)N1. The molecule has 0 bridgehead atoms. The summed E-state index contributed by atoms with van der Waals surface area (Å²) in [4.78, 5) is 4.38. The zero-order chi connectivity index (χ0) is 18.3. The molecule has 8 heteroatoms. The fourth-order valence-electron chi connectivity index (χ4n) is 2.98. The number of methoxy groups -OCH3 is 1. The number of rotatable bonds is 3. The molecule has 2 heterocycles. The Morgan fingerprint density at radius 3 is 2.81 bits per heavy atom. The summed E-state index contributed by atoms with van der Waals surface area (Å²) in [5, 5.41) is 3.59. The Kier molecular flexibility index (Phi) is 3.90. The quantitative estimate of drug-likeness (QED) is 0.762. The van der Waals surface area contributed by atoms with Gasteiger partial charge in [0, 0.05) is 16.1 Å². The van der Waals surface area contributed by atoms with E-state index in [9.17, 15) is 0 Å². The summed E-state index contributed by atoms with van der Waals surface area (Å²) in [7, 11) is 1.58. The number of nitrogens with one attached hydrogen (secondary N) is 1. The average Bonchev–Trinajstić information content (AvgIpc) is 3.08. The van der Waals surface area contributed by atoms with Gasteiger partial charge in [-0.15, -0.1) is 0 Å². The molecule has 2 aromatic carbocycles. The van der Waals surface area contributed by atoms with E-state index in [-0.39, 0.29) is 12.8 Å². The van der Waals surface area contributed by atoms with Crippen molar-refractivity contribution in [2.45, 2.75) is 5.66 Å². The first-order valence-electron chi connectivity index (χ1n) is 7.86. The van der Waals surface area contributed by atoms with Crippen LogP contribution in [0.2, 0.25) is 5.02 Å². The lowest BCUT2D eigenvalue weighted by atomic mass is 9.96. The van der Waals surface area contributed by atoms with E-state index in [1.807, 2.05) is 6.07 Å². The highest BCUT2D eigenvalue weighted by molar-refractivity contribution is 6.30. The molecule has 7 nitrogen and oxygen atoms in total. The van der Waals surface area contributed by atoms with Crippen molar-refractivity contribution in [2.24, 2.45) is 16.5 Å². The summed E-state index contributed by atoms with van der Waals surface area (Å²) in [5.74, 6) is 2.11. The van der Waals surface area contributed by atoms with Gasteiger partial charge in [-0.2, -0.15) is 0 Å². The third-order valence-electron chi connectivity index (χ3n) is 4.22. The summed E-state index contributed by atoms with van der Waals surface area (Å²) >= 11 is 6.15. The van der Waals surface area contributed by atoms with E-state index in [0.29, 0.717) is 33.5 Å². The van der Waals surface area contributed by atoms with Gasteiger partial charge in [-0.1, -0.05) is 17.7 Å². The summed E-state index contributed by atoms with van der Waals surface area (Å²) in [6.07, 6.45) is 1.77. The molecular formula is C18H17ClN4O3. The highest BCUT2D eigenvalue weighted by Crippen LogP contribution is 2.38. The number of fused-ring (bicyclic) bond motifs is 1. The summed E-state index contributed by atoms with van der Waals surface area (Å²) in [6.45, 7) is 0.185. The first-order valence-corrected chi connectivity index (χ1v) is 8.24. The first-order chi connectivity index (χ1) is 12.5. The third kappa shape index (κ3) is 2.81. The number of guanidine groups is 1. The van der Waals surface area contributed by atoms with Crippen molar-refractivity contribution in [3.05, 3.63) is 58.6 Å². The van der Waals surface area contributed by atoms with Crippen LogP contribution in [0, 0.1) is 0 Å². The first kappa shape index (κ1) is 16.6. The Bertz CT molecular complexity index is 944. The van der Waals surface area contributed by atoms with Crippen molar-refractivity contribution in [2.75, 3.05) is 13.9 Å². The number of halogens is 1. The Balaban J connectivity index is 1.81. The van der Waals surface area contributed by atoms with Crippen LogP contribution in [0.1, 0.15) is 11.1 Å². The normalized spacial score (nSPS) is 20.9. The minimum atomic E-state index is -1.18. The number of hydrogen-bond acceptors (Lipinski definition) is 7. The van der Waals surface area contributed by atoms with Gasteiger partial charge >= 0.3 is 0 Å². The van der Waals surface area contributed by atoms with E-state index in [4.69, 9.17) is 37.3 Å². The molecule has 0 aliphatic carbocycles. The van der Waals surface area contributed by atoms with Gasteiger partial charge in [-0.25, -0.2) is 4.99 Å². The van der Waals surface area contributed by atoms with E-state index in [0.717, 1.165) is 5.56 Å². The maximum absolute atomic E-state index is 6.57. The lowest BCUT2D eigenvalue weighted by molar-refractivity contribution is 0.174. The van der Waals surface area contributed by atoms with Crippen molar-refractivity contribution in [1.29, 1.82) is 0 Å². The van der Waals surface area contributed by atoms with Crippen LogP contribution in [-0.2, 0) is 5.66 Å². The summed E-state index contributed by atoms with van der Waals surface area (Å²) < 4.78 is 16.2. The van der Waals surface area contributed by atoms with Gasteiger partial charge in [-0.05, 0) is 36.4 Å². The minimum Gasteiger partial charge on any atom is -0.496 e. The summed E-state index contributed by atoms with van der Waals surface area (Å²) in [5.41, 5.74) is 13.5. The highest BCUT2D eigenvalue weighted by Gasteiger charge is 2.31. The average molecular weight is 373 g/mol. The van der Waals surface area contributed by atoms with Crippen LogP contribution in [0.5, 0.6) is 17.2 Å². The highest BCUT2D eigenvalue weighted by atomic mass is 35.5. The lowest BCUT2D eigenvalue weighted by Gasteiger charge is -2.29. The fraction of sp³-hybridized carbons (Fsp3) is 0.167. The van der Waals surface area contributed by atoms with Crippen LogP contribution in [0.3, 0.4) is 0 Å². The number of hydrogen-bond donors (Lipinski definition) is 3. The van der Waals surface area contributed by atoms with Gasteiger partial charge in [0.2, 0.25) is 6.79 Å². The molecular weight excluding hydrogens is 356 g/mol. The third-order valence-corrected chi connectivity index (χ3v) is 4.45. The monoisotopic (exact) mass is 372 g/mol. The topological polar surface area (TPSA) is 104 Å².